The van der Waals surface area contributed by atoms with E-state index < -0.39 is 0 Å². The van der Waals surface area contributed by atoms with Gasteiger partial charge in [0.1, 0.15) is 11.3 Å². The van der Waals surface area contributed by atoms with E-state index in [0.29, 0.717) is 17.5 Å². The second kappa shape index (κ2) is 4.11. The van der Waals surface area contributed by atoms with Crippen LogP contribution in [0.15, 0.2) is 22.6 Å². The number of nitrogens with one attached hydrogen (secondary N) is 1. The molecular weight excluding hydrogens is 219 g/mol. The molecule has 3 nitrogen and oxygen atoms in total. The molecule has 0 amide bonds. The maximum Gasteiger partial charge on any atom is 0.199 e. The van der Waals surface area contributed by atoms with Gasteiger partial charge in [-0.3, -0.25) is 0 Å². The van der Waals surface area contributed by atoms with Crippen molar-refractivity contribution >= 4 is 11.1 Å². The molecule has 1 aromatic heterocycles. The molecule has 17 heavy (non-hydrogen) atoms. The molecule has 90 valence electrons. The number of hydrogen-bond donors (Lipinski definition) is 1. The molecule has 2 atom stereocenters. The van der Waals surface area contributed by atoms with Gasteiger partial charge in [-0.05, 0) is 31.9 Å². The van der Waals surface area contributed by atoms with Gasteiger partial charge in [0, 0.05) is 24.6 Å². The van der Waals surface area contributed by atoms with Crippen LogP contribution in [0.4, 0.5) is 4.39 Å². The van der Waals surface area contributed by atoms with Crippen molar-refractivity contribution in [2.75, 3.05) is 6.54 Å². The zero-order valence-electron chi connectivity index (χ0n) is 9.74. The molecule has 1 saturated heterocycles. The number of fused-ring (bicyclic) bond motifs is 1. The molecule has 1 fully saturated rings. The van der Waals surface area contributed by atoms with E-state index in [1.165, 1.54) is 12.1 Å². The minimum atomic E-state index is -0.282. The summed E-state index contributed by atoms with van der Waals surface area (Å²) in [6.07, 6.45) is 2.20. The molecule has 2 unspecified atom stereocenters. The summed E-state index contributed by atoms with van der Waals surface area (Å²) < 4.78 is 18.7. The lowest BCUT2D eigenvalue weighted by Crippen LogP contribution is -2.35. The van der Waals surface area contributed by atoms with E-state index in [9.17, 15) is 4.39 Å². The van der Waals surface area contributed by atoms with Crippen LogP contribution < -0.4 is 5.32 Å². The first-order valence-electron chi connectivity index (χ1n) is 6.02. The van der Waals surface area contributed by atoms with Gasteiger partial charge < -0.3 is 9.73 Å². The Morgan fingerprint density at radius 3 is 3.06 bits per heavy atom. The van der Waals surface area contributed by atoms with Crippen molar-refractivity contribution < 1.29 is 8.81 Å². The van der Waals surface area contributed by atoms with Gasteiger partial charge in [-0.2, -0.15) is 0 Å². The third kappa shape index (κ3) is 2.05. The molecule has 0 saturated carbocycles. The van der Waals surface area contributed by atoms with E-state index >= 15 is 0 Å². The van der Waals surface area contributed by atoms with E-state index in [1.54, 1.807) is 6.07 Å². The molecule has 4 heteroatoms. The number of oxazole rings is 1. The Balaban J connectivity index is 1.90. The summed E-state index contributed by atoms with van der Waals surface area (Å²) in [5, 5.41) is 3.41. The minimum absolute atomic E-state index is 0.282. The maximum absolute atomic E-state index is 13.0. The lowest BCUT2D eigenvalue weighted by atomic mass is 9.95. The number of halogens is 1. The van der Waals surface area contributed by atoms with Gasteiger partial charge in [0.05, 0.1) is 0 Å². The highest BCUT2D eigenvalue weighted by molar-refractivity contribution is 5.72. The van der Waals surface area contributed by atoms with Crippen LogP contribution in [-0.4, -0.2) is 17.6 Å². The smallest absolute Gasteiger partial charge is 0.199 e. The Hall–Kier alpha value is -1.42. The first kappa shape index (κ1) is 10.7. The first-order valence-corrected chi connectivity index (χ1v) is 6.02. The summed E-state index contributed by atoms with van der Waals surface area (Å²) in [4.78, 5) is 4.43. The molecule has 0 aliphatic carbocycles. The number of aromatic nitrogens is 1. The highest BCUT2D eigenvalue weighted by Crippen LogP contribution is 2.27. The third-order valence-electron chi connectivity index (χ3n) is 3.38. The van der Waals surface area contributed by atoms with Crippen LogP contribution in [0.5, 0.6) is 0 Å². The molecule has 0 bridgehead atoms. The van der Waals surface area contributed by atoms with Crippen molar-refractivity contribution in [1.29, 1.82) is 0 Å². The Morgan fingerprint density at radius 1 is 1.41 bits per heavy atom. The normalized spacial score (nSPS) is 25.3. The maximum atomic E-state index is 13.0. The van der Waals surface area contributed by atoms with Crippen LogP contribution in [0.25, 0.3) is 11.1 Å². The summed E-state index contributed by atoms with van der Waals surface area (Å²) in [6.45, 7) is 3.06. The monoisotopic (exact) mass is 234 g/mol. The molecule has 0 spiro atoms. The molecule has 1 aliphatic rings. The fourth-order valence-electron chi connectivity index (χ4n) is 2.30. The van der Waals surface area contributed by atoms with Crippen molar-refractivity contribution in [3.63, 3.8) is 0 Å². The summed E-state index contributed by atoms with van der Waals surface area (Å²) in [5.41, 5.74) is 1.28. The van der Waals surface area contributed by atoms with Crippen LogP contribution in [0.2, 0.25) is 0 Å². The Bertz CT molecular complexity index is 529. The number of nitrogens with zero attached hydrogens (tertiary/aromatic N) is 1. The SMILES string of the molecule is CC1CCC(c2nc3ccc(F)cc3o2)CN1. The third-order valence-corrected chi connectivity index (χ3v) is 3.38. The average Bonchev–Trinajstić information content (AvgIpc) is 2.72. The van der Waals surface area contributed by atoms with Crippen LogP contribution >= 0.6 is 0 Å². The quantitative estimate of drug-likeness (QED) is 0.824. The van der Waals surface area contributed by atoms with Gasteiger partial charge >= 0.3 is 0 Å². The van der Waals surface area contributed by atoms with Gasteiger partial charge in [0.15, 0.2) is 11.5 Å². The fraction of sp³-hybridized carbons (Fsp3) is 0.462. The first-order chi connectivity index (χ1) is 8.22. The predicted molar refractivity (Wildman–Crippen MR) is 63.4 cm³/mol. The second-order valence-corrected chi connectivity index (χ2v) is 4.75. The molecular formula is C13H15FN2O. The minimum Gasteiger partial charge on any atom is -0.440 e. The largest absolute Gasteiger partial charge is 0.440 e. The molecule has 2 aromatic rings. The van der Waals surface area contributed by atoms with Crippen LogP contribution in [0, 0.1) is 5.82 Å². The molecule has 1 aliphatic heterocycles. The van der Waals surface area contributed by atoms with Crippen LogP contribution in [0.3, 0.4) is 0 Å². The van der Waals surface area contributed by atoms with E-state index in [-0.39, 0.29) is 5.82 Å². The lowest BCUT2D eigenvalue weighted by Gasteiger charge is -2.25. The molecule has 3 rings (SSSR count). The number of rotatable bonds is 1. The zero-order chi connectivity index (χ0) is 11.8. The Morgan fingerprint density at radius 2 is 2.29 bits per heavy atom. The van der Waals surface area contributed by atoms with Crippen molar-refractivity contribution in [3.8, 4) is 0 Å². The van der Waals surface area contributed by atoms with E-state index in [1.807, 2.05) is 0 Å². The molecule has 2 heterocycles. The highest BCUT2D eigenvalue weighted by atomic mass is 19.1. The van der Waals surface area contributed by atoms with E-state index in [4.69, 9.17) is 4.42 Å². The van der Waals surface area contributed by atoms with Crippen molar-refractivity contribution in [2.24, 2.45) is 0 Å². The Kier molecular flexibility index (Phi) is 2.59. The molecule has 1 aromatic carbocycles. The van der Waals surface area contributed by atoms with E-state index in [0.717, 1.165) is 30.8 Å². The summed E-state index contributed by atoms with van der Waals surface area (Å²) >= 11 is 0. The summed E-state index contributed by atoms with van der Waals surface area (Å²) in [6, 6.07) is 5.03. The zero-order valence-corrected chi connectivity index (χ0v) is 9.74. The average molecular weight is 234 g/mol. The standard InChI is InChI=1S/C13H15FN2O/c1-8-2-3-9(7-15-8)13-16-11-5-4-10(14)6-12(11)17-13/h4-6,8-9,15H,2-3,7H2,1H3. The number of hydrogen-bond acceptors (Lipinski definition) is 3. The van der Waals surface area contributed by atoms with Crippen LogP contribution in [0.1, 0.15) is 31.6 Å². The lowest BCUT2D eigenvalue weighted by molar-refractivity contribution is 0.342. The highest BCUT2D eigenvalue weighted by Gasteiger charge is 2.23. The van der Waals surface area contributed by atoms with Crippen LogP contribution in [-0.2, 0) is 0 Å². The topological polar surface area (TPSA) is 38.1 Å². The van der Waals surface area contributed by atoms with Gasteiger partial charge in [0.25, 0.3) is 0 Å². The van der Waals surface area contributed by atoms with Gasteiger partial charge in [-0.15, -0.1) is 0 Å². The fourth-order valence-corrected chi connectivity index (χ4v) is 2.30. The predicted octanol–water partition coefficient (Wildman–Crippen LogP) is 2.82. The molecule has 1 N–H and O–H groups in total. The number of piperidine rings is 1. The summed E-state index contributed by atoms with van der Waals surface area (Å²) in [7, 11) is 0. The van der Waals surface area contributed by atoms with Crippen molar-refractivity contribution in [3.05, 3.63) is 29.9 Å². The van der Waals surface area contributed by atoms with Crippen molar-refractivity contribution in [1.82, 2.24) is 10.3 Å². The summed E-state index contributed by atoms with van der Waals surface area (Å²) in [5.74, 6) is 0.752. The Labute approximate surface area is 99.0 Å². The van der Waals surface area contributed by atoms with Gasteiger partial charge in [-0.1, -0.05) is 0 Å². The van der Waals surface area contributed by atoms with E-state index in [2.05, 4.69) is 17.2 Å². The van der Waals surface area contributed by atoms with Gasteiger partial charge in [-0.25, -0.2) is 9.37 Å². The number of benzene rings is 1. The van der Waals surface area contributed by atoms with Gasteiger partial charge in [0.2, 0.25) is 0 Å². The van der Waals surface area contributed by atoms with Crippen molar-refractivity contribution in [2.45, 2.75) is 31.7 Å². The second-order valence-electron chi connectivity index (χ2n) is 4.75. The molecule has 0 radical (unpaired) electrons.